The molecule has 1 fully saturated rings. The smallest absolute Gasteiger partial charge is 0.125 e. The summed E-state index contributed by atoms with van der Waals surface area (Å²) in [7, 11) is 0. The second-order valence-corrected chi connectivity index (χ2v) is 5.40. The number of benzene rings is 1. The number of nitrogens with two attached hydrogens (primary N) is 1. The van der Waals surface area contributed by atoms with Gasteiger partial charge in [-0.05, 0) is 24.7 Å². The molecule has 2 atom stereocenters. The Labute approximate surface area is 106 Å². The van der Waals surface area contributed by atoms with Gasteiger partial charge in [0.05, 0.1) is 6.10 Å². The van der Waals surface area contributed by atoms with Crippen molar-refractivity contribution >= 4 is 11.8 Å². The van der Waals surface area contributed by atoms with Crippen LogP contribution in [0.2, 0.25) is 0 Å². The summed E-state index contributed by atoms with van der Waals surface area (Å²) in [5.41, 5.74) is 6.29. The van der Waals surface area contributed by atoms with E-state index in [1.54, 1.807) is 0 Å². The third kappa shape index (κ3) is 3.37. The molecular formula is C13H19NO2S. The van der Waals surface area contributed by atoms with E-state index in [9.17, 15) is 5.11 Å². The van der Waals surface area contributed by atoms with Crippen LogP contribution in [0.5, 0.6) is 5.75 Å². The van der Waals surface area contributed by atoms with E-state index in [1.807, 2.05) is 36.0 Å². The van der Waals surface area contributed by atoms with Crippen LogP contribution in [0, 0.1) is 0 Å². The van der Waals surface area contributed by atoms with Crippen molar-refractivity contribution in [1.82, 2.24) is 0 Å². The molecule has 0 aromatic heterocycles. The van der Waals surface area contributed by atoms with Gasteiger partial charge >= 0.3 is 0 Å². The minimum absolute atomic E-state index is 0.222. The lowest BCUT2D eigenvalue weighted by atomic mass is 10.1. The predicted octanol–water partition coefficient (Wildman–Crippen LogP) is 1.95. The zero-order valence-corrected chi connectivity index (χ0v) is 10.7. The average molecular weight is 253 g/mol. The van der Waals surface area contributed by atoms with Crippen LogP contribution in [0.1, 0.15) is 24.5 Å². The highest BCUT2D eigenvalue weighted by molar-refractivity contribution is 7.99. The van der Waals surface area contributed by atoms with Crippen molar-refractivity contribution in [2.45, 2.75) is 25.0 Å². The first-order valence-corrected chi connectivity index (χ1v) is 7.18. The molecule has 3 nitrogen and oxygen atoms in total. The van der Waals surface area contributed by atoms with Gasteiger partial charge in [0.15, 0.2) is 0 Å². The summed E-state index contributed by atoms with van der Waals surface area (Å²) >= 11 is 1.93. The third-order valence-corrected chi connectivity index (χ3v) is 4.10. The largest absolute Gasteiger partial charge is 0.489 e. The maximum atomic E-state index is 9.83. The number of rotatable bonds is 4. The van der Waals surface area contributed by atoms with Gasteiger partial charge in [0.25, 0.3) is 0 Å². The number of hydrogen-bond acceptors (Lipinski definition) is 4. The average Bonchev–Trinajstić information content (AvgIpc) is 2.40. The highest BCUT2D eigenvalue weighted by Crippen LogP contribution is 2.28. The Morgan fingerprint density at radius 2 is 2.29 bits per heavy atom. The minimum atomic E-state index is -0.637. The van der Waals surface area contributed by atoms with Crippen LogP contribution in [-0.2, 0) is 0 Å². The molecule has 0 saturated carbocycles. The van der Waals surface area contributed by atoms with Crippen LogP contribution in [-0.4, -0.2) is 29.3 Å². The van der Waals surface area contributed by atoms with Gasteiger partial charge in [-0.2, -0.15) is 11.8 Å². The van der Waals surface area contributed by atoms with E-state index in [0.717, 1.165) is 23.5 Å². The zero-order chi connectivity index (χ0) is 12.1. The van der Waals surface area contributed by atoms with Gasteiger partial charge < -0.3 is 15.6 Å². The molecule has 3 N–H and O–H groups in total. The predicted molar refractivity (Wildman–Crippen MR) is 71.4 cm³/mol. The zero-order valence-electron chi connectivity index (χ0n) is 9.84. The summed E-state index contributed by atoms with van der Waals surface area (Å²) in [6, 6.07) is 7.62. The van der Waals surface area contributed by atoms with Crippen molar-refractivity contribution in [2.75, 3.05) is 18.1 Å². The van der Waals surface area contributed by atoms with E-state index in [4.69, 9.17) is 10.5 Å². The third-order valence-electron chi connectivity index (χ3n) is 2.91. The number of aliphatic hydroxyl groups excluding tert-OH is 1. The normalized spacial score (nSPS) is 22.1. The van der Waals surface area contributed by atoms with Crippen molar-refractivity contribution in [1.29, 1.82) is 0 Å². The van der Waals surface area contributed by atoms with Crippen LogP contribution in [0.15, 0.2) is 24.3 Å². The maximum Gasteiger partial charge on any atom is 0.125 e. The molecule has 1 aliphatic rings. The molecule has 0 bridgehead atoms. The number of hydrogen-bond donors (Lipinski definition) is 2. The molecule has 4 heteroatoms. The van der Waals surface area contributed by atoms with E-state index < -0.39 is 6.10 Å². The van der Waals surface area contributed by atoms with E-state index in [-0.39, 0.29) is 12.6 Å². The second-order valence-electron chi connectivity index (χ2n) is 4.25. The summed E-state index contributed by atoms with van der Waals surface area (Å²) in [4.78, 5) is 0. The molecule has 1 aliphatic heterocycles. The van der Waals surface area contributed by atoms with Crippen LogP contribution < -0.4 is 10.5 Å². The SMILES string of the molecule is NCC(O)c1ccccc1OC1CCCSC1. The van der Waals surface area contributed by atoms with E-state index in [2.05, 4.69) is 0 Å². The molecule has 2 unspecified atom stereocenters. The fourth-order valence-electron chi connectivity index (χ4n) is 1.97. The Morgan fingerprint density at radius 3 is 3.00 bits per heavy atom. The molecule has 1 heterocycles. The van der Waals surface area contributed by atoms with Crippen molar-refractivity contribution in [3.05, 3.63) is 29.8 Å². The lowest BCUT2D eigenvalue weighted by Crippen LogP contribution is -2.24. The van der Waals surface area contributed by atoms with Gasteiger partial charge in [0, 0.05) is 17.9 Å². The Balaban J connectivity index is 2.08. The first-order valence-electron chi connectivity index (χ1n) is 6.02. The van der Waals surface area contributed by atoms with Crippen molar-refractivity contribution < 1.29 is 9.84 Å². The highest BCUT2D eigenvalue weighted by atomic mass is 32.2. The summed E-state index contributed by atoms with van der Waals surface area (Å²) in [5.74, 6) is 3.04. The molecule has 1 saturated heterocycles. The summed E-state index contributed by atoms with van der Waals surface area (Å²) < 4.78 is 5.97. The van der Waals surface area contributed by atoms with E-state index in [0.29, 0.717) is 0 Å². The fraction of sp³-hybridized carbons (Fsp3) is 0.538. The van der Waals surface area contributed by atoms with Crippen LogP contribution >= 0.6 is 11.8 Å². The van der Waals surface area contributed by atoms with Crippen molar-refractivity contribution in [2.24, 2.45) is 5.73 Å². The highest BCUT2D eigenvalue weighted by Gasteiger charge is 2.18. The van der Waals surface area contributed by atoms with Gasteiger partial charge in [-0.1, -0.05) is 18.2 Å². The lowest BCUT2D eigenvalue weighted by Gasteiger charge is -2.24. The maximum absolute atomic E-state index is 9.83. The monoisotopic (exact) mass is 253 g/mol. The molecule has 0 amide bonds. The molecule has 1 aromatic rings. The van der Waals surface area contributed by atoms with Crippen LogP contribution in [0.25, 0.3) is 0 Å². The van der Waals surface area contributed by atoms with Crippen LogP contribution in [0.4, 0.5) is 0 Å². The van der Waals surface area contributed by atoms with Gasteiger partial charge in [-0.25, -0.2) is 0 Å². The Kier molecular flexibility index (Phi) is 4.71. The minimum Gasteiger partial charge on any atom is -0.489 e. The Bertz CT molecular complexity index is 353. The second kappa shape index (κ2) is 6.28. The number of thioether (sulfide) groups is 1. The van der Waals surface area contributed by atoms with E-state index in [1.165, 1.54) is 12.2 Å². The molecule has 0 radical (unpaired) electrons. The lowest BCUT2D eigenvalue weighted by molar-refractivity contribution is 0.167. The van der Waals surface area contributed by atoms with Gasteiger partial charge in [0.1, 0.15) is 11.9 Å². The standard InChI is InChI=1S/C13H19NO2S/c14-8-12(15)11-5-1-2-6-13(11)16-10-4-3-7-17-9-10/h1-2,5-6,10,12,15H,3-4,7-9,14H2. The Hall–Kier alpha value is -0.710. The van der Waals surface area contributed by atoms with Gasteiger partial charge in [-0.3, -0.25) is 0 Å². The molecular weight excluding hydrogens is 234 g/mol. The molecule has 94 valence electrons. The Morgan fingerprint density at radius 1 is 1.47 bits per heavy atom. The summed E-state index contributed by atoms with van der Waals surface area (Å²) in [5, 5.41) is 9.83. The number of para-hydroxylation sites is 1. The quantitative estimate of drug-likeness (QED) is 0.861. The molecule has 0 aliphatic carbocycles. The van der Waals surface area contributed by atoms with Gasteiger partial charge in [-0.15, -0.1) is 0 Å². The summed E-state index contributed by atoms with van der Waals surface area (Å²) in [6.07, 6.45) is 1.93. The molecule has 2 rings (SSSR count). The molecule has 17 heavy (non-hydrogen) atoms. The molecule has 0 spiro atoms. The van der Waals surface area contributed by atoms with Gasteiger partial charge in [0.2, 0.25) is 0 Å². The van der Waals surface area contributed by atoms with Crippen LogP contribution in [0.3, 0.4) is 0 Å². The van der Waals surface area contributed by atoms with Crippen molar-refractivity contribution in [3.8, 4) is 5.75 Å². The molecule has 1 aromatic carbocycles. The number of ether oxygens (including phenoxy) is 1. The first-order chi connectivity index (χ1) is 8.31. The summed E-state index contributed by atoms with van der Waals surface area (Å²) in [6.45, 7) is 0.222. The first kappa shape index (κ1) is 12.7. The van der Waals surface area contributed by atoms with E-state index >= 15 is 0 Å². The fourth-order valence-corrected chi connectivity index (χ4v) is 3.01. The number of aliphatic hydroxyl groups is 1. The topological polar surface area (TPSA) is 55.5 Å². The van der Waals surface area contributed by atoms with Crippen molar-refractivity contribution in [3.63, 3.8) is 0 Å².